The van der Waals surface area contributed by atoms with Crippen LogP contribution in [0.3, 0.4) is 0 Å². The zero-order valence-corrected chi connectivity index (χ0v) is 8.16. The summed E-state index contributed by atoms with van der Waals surface area (Å²) in [5.74, 6) is 0.639. The molecule has 78 valence electrons. The van der Waals surface area contributed by atoms with Gasteiger partial charge in [0.1, 0.15) is 5.75 Å². The van der Waals surface area contributed by atoms with Crippen LogP contribution in [0.2, 0.25) is 0 Å². The first-order valence-corrected chi connectivity index (χ1v) is 4.25. The van der Waals surface area contributed by atoms with E-state index in [1.165, 1.54) is 7.11 Å². The largest absolute Gasteiger partial charge is 0.497 e. The Morgan fingerprint density at radius 3 is 2.67 bits per heavy atom. The van der Waals surface area contributed by atoms with E-state index in [-0.39, 0.29) is 0 Å². The lowest BCUT2D eigenvalue weighted by Gasteiger charge is -1.99. The number of benzene rings is 1. The van der Waals surface area contributed by atoms with E-state index in [4.69, 9.17) is 4.74 Å². The summed E-state index contributed by atoms with van der Waals surface area (Å²) in [7, 11) is 1.54. The fraction of sp³-hybridized carbons (Fsp3) is 0.200. The van der Waals surface area contributed by atoms with Crippen LogP contribution < -0.4 is 4.74 Å². The normalized spacial score (nSPS) is 10.5. The molecule has 1 aromatic rings. The van der Waals surface area contributed by atoms with Crippen LogP contribution in [0, 0.1) is 0 Å². The molecule has 0 amide bonds. The monoisotopic (exact) mass is 206 g/mol. The number of ether oxygens (including phenoxy) is 1. The Bertz CT molecular complexity index is 369. The standard InChI is InChI=1S/C10H10N2O3/c1-15-10-4-2-3-8(5-10)11-12-9(6-13)7-14/h2-7,9H,1H3. The zero-order valence-electron chi connectivity index (χ0n) is 8.16. The highest BCUT2D eigenvalue weighted by molar-refractivity contribution is 5.82. The summed E-state index contributed by atoms with van der Waals surface area (Å²) in [6.07, 6.45) is 0.855. The van der Waals surface area contributed by atoms with Crippen LogP contribution >= 0.6 is 0 Å². The summed E-state index contributed by atoms with van der Waals surface area (Å²) in [6.45, 7) is 0. The summed E-state index contributed by atoms with van der Waals surface area (Å²) in [4.78, 5) is 20.5. The van der Waals surface area contributed by atoms with Gasteiger partial charge >= 0.3 is 0 Å². The number of aldehydes is 2. The third kappa shape index (κ3) is 3.30. The second-order valence-electron chi connectivity index (χ2n) is 2.68. The van der Waals surface area contributed by atoms with Crippen molar-refractivity contribution >= 4 is 18.3 Å². The van der Waals surface area contributed by atoms with Crippen LogP contribution in [0.15, 0.2) is 34.5 Å². The predicted molar refractivity (Wildman–Crippen MR) is 53.4 cm³/mol. The van der Waals surface area contributed by atoms with Crippen molar-refractivity contribution in [3.8, 4) is 5.75 Å². The molecule has 0 heterocycles. The minimum atomic E-state index is -1.03. The van der Waals surface area contributed by atoms with Gasteiger partial charge < -0.3 is 14.3 Å². The van der Waals surface area contributed by atoms with Crippen molar-refractivity contribution in [1.29, 1.82) is 0 Å². The number of methoxy groups -OCH3 is 1. The predicted octanol–water partition coefficient (Wildman–Crippen LogP) is 1.55. The van der Waals surface area contributed by atoms with Gasteiger partial charge in [0.25, 0.3) is 0 Å². The summed E-state index contributed by atoms with van der Waals surface area (Å²) < 4.78 is 4.97. The maximum absolute atomic E-state index is 10.3. The Morgan fingerprint density at radius 1 is 1.33 bits per heavy atom. The van der Waals surface area contributed by atoms with Gasteiger partial charge in [-0.25, -0.2) is 0 Å². The van der Waals surface area contributed by atoms with Crippen molar-refractivity contribution in [3.63, 3.8) is 0 Å². The van der Waals surface area contributed by atoms with Gasteiger partial charge in [-0.3, -0.25) is 0 Å². The van der Waals surface area contributed by atoms with Gasteiger partial charge in [0.15, 0.2) is 18.6 Å². The molecule has 0 aliphatic carbocycles. The number of rotatable bonds is 5. The molecule has 0 aliphatic heterocycles. The molecule has 5 nitrogen and oxygen atoms in total. The highest BCUT2D eigenvalue weighted by atomic mass is 16.5. The van der Waals surface area contributed by atoms with E-state index in [0.29, 0.717) is 24.0 Å². The SMILES string of the molecule is COc1cccc(N=NC(C=O)C=O)c1. The second kappa shape index (κ2) is 5.64. The molecule has 0 bridgehead atoms. The van der Waals surface area contributed by atoms with Crippen LogP contribution in [-0.2, 0) is 9.59 Å². The molecule has 0 saturated heterocycles. The first-order valence-electron chi connectivity index (χ1n) is 4.25. The number of nitrogens with zero attached hydrogens (tertiary/aromatic N) is 2. The molecular weight excluding hydrogens is 196 g/mol. The molecule has 0 N–H and O–H groups in total. The first kappa shape index (κ1) is 11.0. The van der Waals surface area contributed by atoms with E-state index in [0.717, 1.165) is 0 Å². The summed E-state index contributed by atoms with van der Waals surface area (Å²) in [5, 5.41) is 7.28. The highest BCUT2D eigenvalue weighted by Gasteiger charge is 2.01. The van der Waals surface area contributed by atoms with Gasteiger partial charge in [0.05, 0.1) is 12.8 Å². The summed E-state index contributed by atoms with van der Waals surface area (Å²) >= 11 is 0. The van der Waals surface area contributed by atoms with Crippen LogP contribution in [0.1, 0.15) is 0 Å². The Hall–Kier alpha value is -2.04. The maximum atomic E-state index is 10.3. The first-order chi connectivity index (χ1) is 7.30. The van der Waals surface area contributed by atoms with E-state index in [1.807, 2.05) is 0 Å². The summed E-state index contributed by atoms with van der Waals surface area (Å²) in [6, 6.07) is 5.81. The number of azo groups is 1. The fourth-order valence-electron chi connectivity index (χ4n) is 0.893. The van der Waals surface area contributed by atoms with Gasteiger partial charge in [-0.15, -0.1) is 0 Å². The van der Waals surface area contributed by atoms with Crippen LogP contribution in [0.4, 0.5) is 5.69 Å². The molecule has 1 rings (SSSR count). The number of carbonyl (C=O) groups excluding carboxylic acids is 2. The smallest absolute Gasteiger partial charge is 0.181 e. The Balaban J connectivity index is 2.79. The van der Waals surface area contributed by atoms with Crippen LogP contribution in [-0.4, -0.2) is 25.7 Å². The molecule has 15 heavy (non-hydrogen) atoms. The second-order valence-corrected chi connectivity index (χ2v) is 2.68. The van der Waals surface area contributed by atoms with E-state index >= 15 is 0 Å². The lowest BCUT2D eigenvalue weighted by molar-refractivity contribution is -0.116. The van der Waals surface area contributed by atoms with E-state index in [1.54, 1.807) is 24.3 Å². The number of hydrogen-bond acceptors (Lipinski definition) is 5. The summed E-state index contributed by atoms with van der Waals surface area (Å²) in [5.41, 5.74) is 0.531. The van der Waals surface area contributed by atoms with Crippen LogP contribution in [0.5, 0.6) is 5.75 Å². The Labute approximate surface area is 86.8 Å². The van der Waals surface area contributed by atoms with Crippen molar-refractivity contribution in [3.05, 3.63) is 24.3 Å². The lowest BCUT2D eigenvalue weighted by atomic mass is 10.3. The average molecular weight is 206 g/mol. The molecule has 0 fully saturated rings. The molecule has 0 aromatic heterocycles. The third-order valence-electron chi connectivity index (χ3n) is 1.64. The van der Waals surface area contributed by atoms with Gasteiger partial charge in [0, 0.05) is 6.07 Å². The van der Waals surface area contributed by atoms with Crippen LogP contribution in [0.25, 0.3) is 0 Å². The molecule has 0 radical (unpaired) electrons. The van der Waals surface area contributed by atoms with Crippen molar-refractivity contribution < 1.29 is 14.3 Å². The topological polar surface area (TPSA) is 68.1 Å². The Kier molecular flexibility index (Phi) is 4.15. The minimum Gasteiger partial charge on any atom is -0.497 e. The number of hydrogen-bond donors (Lipinski definition) is 0. The van der Waals surface area contributed by atoms with Crippen molar-refractivity contribution in [2.75, 3.05) is 7.11 Å². The molecule has 0 aliphatic rings. The van der Waals surface area contributed by atoms with Gasteiger partial charge in [0.2, 0.25) is 0 Å². The minimum absolute atomic E-state index is 0.427. The van der Waals surface area contributed by atoms with Crippen molar-refractivity contribution in [1.82, 2.24) is 0 Å². The molecule has 5 heteroatoms. The molecule has 0 atom stereocenters. The Morgan fingerprint density at radius 2 is 2.07 bits per heavy atom. The maximum Gasteiger partial charge on any atom is 0.181 e. The highest BCUT2D eigenvalue weighted by Crippen LogP contribution is 2.19. The van der Waals surface area contributed by atoms with E-state index < -0.39 is 6.04 Å². The lowest BCUT2D eigenvalue weighted by Crippen LogP contribution is -2.05. The molecular formula is C10H10N2O3. The van der Waals surface area contributed by atoms with Crippen molar-refractivity contribution in [2.24, 2.45) is 10.2 Å². The average Bonchev–Trinajstić information content (AvgIpc) is 2.31. The van der Waals surface area contributed by atoms with E-state index in [9.17, 15) is 9.59 Å². The van der Waals surface area contributed by atoms with Gasteiger partial charge in [-0.05, 0) is 12.1 Å². The quantitative estimate of drug-likeness (QED) is 0.417. The van der Waals surface area contributed by atoms with Gasteiger partial charge in [-0.2, -0.15) is 10.2 Å². The molecule has 0 spiro atoms. The third-order valence-corrected chi connectivity index (χ3v) is 1.64. The zero-order chi connectivity index (χ0) is 11.1. The molecule has 1 aromatic carbocycles. The van der Waals surface area contributed by atoms with E-state index in [2.05, 4.69) is 10.2 Å². The molecule has 0 saturated carbocycles. The fourth-order valence-corrected chi connectivity index (χ4v) is 0.893. The van der Waals surface area contributed by atoms with Gasteiger partial charge in [-0.1, -0.05) is 6.07 Å². The molecule has 0 unspecified atom stereocenters. The number of carbonyl (C=O) groups is 2. The van der Waals surface area contributed by atoms with Crippen molar-refractivity contribution in [2.45, 2.75) is 6.04 Å².